The molecule has 128 valence electrons. The minimum atomic E-state index is -3.91. The van der Waals surface area contributed by atoms with Crippen molar-refractivity contribution in [1.82, 2.24) is 5.32 Å². The molecular formula is C16H16Cl2N2O3S. The largest absolute Gasteiger partial charge is 0.350 e. The first-order valence-electron chi connectivity index (χ1n) is 7.08. The third kappa shape index (κ3) is 4.63. The molecule has 0 fully saturated rings. The average Bonchev–Trinajstić information content (AvgIpc) is 2.50. The van der Waals surface area contributed by atoms with E-state index in [2.05, 4.69) is 10.0 Å². The fourth-order valence-corrected chi connectivity index (χ4v) is 3.44. The first-order valence-corrected chi connectivity index (χ1v) is 9.32. The maximum absolute atomic E-state index is 12.5. The standard InChI is InChI=1S/C16H16Cl2N2O3S/c1-10(2)19-16(21)11-4-3-5-13(8-11)24(22,23)20-15-9-12(17)6-7-14(15)18/h3-10,20H,1-2H3,(H,19,21). The molecular weight excluding hydrogens is 371 g/mol. The Morgan fingerprint density at radius 1 is 1.08 bits per heavy atom. The number of hydrogen-bond acceptors (Lipinski definition) is 3. The van der Waals surface area contributed by atoms with Gasteiger partial charge in [0.25, 0.3) is 15.9 Å². The van der Waals surface area contributed by atoms with Gasteiger partial charge < -0.3 is 5.32 Å². The quantitative estimate of drug-likeness (QED) is 0.816. The van der Waals surface area contributed by atoms with Crippen molar-refractivity contribution in [2.45, 2.75) is 24.8 Å². The number of sulfonamides is 1. The van der Waals surface area contributed by atoms with E-state index in [0.29, 0.717) is 5.02 Å². The molecule has 2 rings (SSSR count). The van der Waals surface area contributed by atoms with Gasteiger partial charge in [0.2, 0.25) is 0 Å². The van der Waals surface area contributed by atoms with Crippen LogP contribution in [0.2, 0.25) is 10.0 Å². The van der Waals surface area contributed by atoms with Crippen molar-refractivity contribution in [3.63, 3.8) is 0 Å². The predicted octanol–water partition coefficient (Wildman–Crippen LogP) is 3.93. The van der Waals surface area contributed by atoms with E-state index < -0.39 is 10.0 Å². The number of nitrogens with one attached hydrogen (secondary N) is 2. The summed E-state index contributed by atoms with van der Waals surface area (Å²) in [4.78, 5) is 12.0. The summed E-state index contributed by atoms with van der Waals surface area (Å²) in [7, 11) is -3.91. The summed E-state index contributed by atoms with van der Waals surface area (Å²) >= 11 is 11.8. The van der Waals surface area contributed by atoms with Crippen LogP contribution in [0.1, 0.15) is 24.2 Å². The second-order valence-electron chi connectivity index (χ2n) is 5.39. The van der Waals surface area contributed by atoms with Crippen molar-refractivity contribution >= 4 is 44.8 Å². The van der Waals surface area contributed by atoms with Gasteiger partial charge >= 0.3 is 0 Å². The van der Waals surface area contributed by atoms with Crippen molar-refractivity contribution in [2.24, 2.45) is 0 Å². The van der Waals surface area contributed by atoms with Crippen LogP contribution >= 0.6 is 23.2 Å². The topological polar surface area (TPSA) is 75.3 Å². The highest BCUT2D eigenvalue weighted by atomic mass is 35.5. The lowest BCUT2D eigenvalue weighted by molar-refractivity contribution is 0.0943. The highest BCUT2D eigenvalue weighted by Gasteiger charge is 2.18. The smallest absolute Gasteiger partial charge is 0.261 e. The molecule has 0 saturated carbocycles. The fraction of sp³-hybridized carbons (Fsp3) is 0.188. The highest BCUT2D eigenvalue weighted by molar-refractivity contribution is 7.92. The first kappa shape index (κ1) is 18.6. The number of rotatable bonds is 5. The molecule has 0 spiro atoms. The van der Waals surface area contributed by atoms with E-state index in [1.54, 1.807) is 12.1 Å². The van der Waals surface area contributed by atoms with Crippen molar-refractivity contribution in [3.05, 3.63) is 58.1 Å². The lowest BCUT2D eigenvalue weighted by atomic mass is 10.2. The lowest BCUT2D eigenvalue weighted by Crippen LogP contribution is -2.30. The van der Waals surface area contributed by atoms with Gasteiger partial charge in [-0.05, 0) is 50.2 Å². The zero-order valence-corrected chi connectivity index (χ0v) is 15.3. The van der Waals surface area contributed by atoms with E-state index in [1.807, 2.05) is 13.8 Å². The number of benzene rings is 2. The van der Waals surface area contributed by atoms with E-state index >= 15 is 0 Å². The summed E-state index contributed by atoms with van der Waals surface area (Å²) < 4.78 is 27.4. The molecule has 0 bridgehead atoms. The van der Waals surface area contributed by atoms with Gasteiger partial charge in [-0.15, -0.1) is 0 Å². The molecule has 0 aliphatic rings. The predicted molar refractivity (Wildman–Crippen MR) is 96.3 cm³/mol. The highest BCUT2D eigenvalue weighted by Crippen LogP contribution is 2.27. The number of carbonyl (C=O) groups excluding carboxylic acids is 1. The van der Waals surface area contributed by atoms with Crippen LogP contribution in [0.15, 0.2) is 47.4 Å². The van der Waals surface area contributed by atoms with Crippen LogP contribution in [0.3, 0.4) is 0 Å². The Balaban J connectivity index is 2.33. The monoisotopic (exact) mass is 386 g/mol. The summed E-state index contributed by atoms with van der Waals surface area (Å²) in [5.41, 5.74) is 0.421. The summed E-state index contributed by atoms with van der Waals surface area (Å²) in [5, 5.41) is 3.28. The van der Waals surface area contributed by atoms with Crippen LogP contribution in [-0.2, 0) is 10.0 Å². The number of hydrogen-bond donors (Lipinski definition) is 2. The Kier molecular flexibility index (Phi) is 5.74. The summed E-state index contributed by atoms with van der Waals surface area (Å²) in [6.07, 6.45) is 0. The zero-order valence-electron chi connectivity index (χ0n) is 13.0. The third-order valence-corrected chi connectivity index (χ3v) is 4.93. The molecule has 0 heterocycles. The zero-order chi connectivity index (χ0) is 17.9. The van der Waals surface area contributed by atoms with E-state index in [1.165, 1.54) is 30.3 Å². The summed E-state index contributed by atoms with van der Waals surface area (Å²) in [5.74, 6) is -0.345. The average molecular weight is 387 g/mol. The Bertz CT molecular complexity index is 867. The number of carbonyl (C=O) groups is 1. The Morgan fingerprint density at radius 2 is 1.79 bits per heavy atom. The fourth-order valence-electron chi connectivity index (χ4n) is 1.93. The number of amides is 1. The minimum Gasteiger partial charge on any atom is -0.350 e. The molecule has 0 radical (unpaired) electrons. The maximum atomic E-state index is 12.5. The summed E-state index contributed by atoms with van der Waals surface area (Å²) in [6, 6.07) is 10.2. The molecule has 0 aliphatic carbocycles. The molecule has 5 nitrogen and oxygen atoms in total. The molecule has 0 atom stereocenters. The normalized spacial score (nSPS) is 11.4. The van der Waals surface area contributed by atoms with Gasteiger partial charge in [-0.2, -0.15) is 0 Å². The van der Waals surface area contributed by atoms with E-state index in [9.17, 15) is 13.2 Å². The van der Waals surface area contributed by atoms with Crippen molar-refractivity contribution in [1.29, 1.82) is 0 Å². The van der Waals surface area contributed by atoms with Gasteiger partial charge in [-0.1, -0.05) is 29.3 Å². The van der Waals surface area contributed by atoms with Crippen LogP contribution < -0.4 is 10.0 Å². The molecule has 0 aliphatic heterocycles. The molecule has 2 N–H and O–H groups in total. The Hall–Kier alpha value is -1.76. The number of anilines is 1. The van der Waals surface area contributed by atoms with Gasteiger partial charge in [0, 0.05) is 16.6 Å². The number of halogens is 2. The van der Waals surface area contributed by atoms with Crippen LogP contribution in [0, 0.1) is 0 Å². The molecule has 2 aromatic carbocycles. The van der Waals surface area contributed by atoms with Crippen molar-refractivity contribution < 1.29 is 13.2 Å². The van der Waals surface area contributed by atoms with E-state index in [4.69, 9.17) is 23.2 Å². The second-order valence-corrected chi connectivity index (χ2v) is 7.91. The van der Waals surface area contributed by atoms with Crippen molar-refractivity contribution in [2.75, 3.05) is 4.72 Å². The maximum Gasteiger partial charge on any atom is 0.261 e. The molecule has 0 saturated heterocycles. The van der Waals surface area contributed by atoms with Crippen LogP contribution in [0.25, 0.3) is 0 Å². The van der Waals surface area contributed by atoms with Gasteiger partial charge in [0.1, 0.15) is 0 Å². The Labute approximate surface area is 151 Å². The van der Waals surface area contributed by atoms with Gasteiger partial charge in [0.05, 0.1) is 15.6 Å². The van der Waals surface area contributed by atoms with E-state index in [0.717, 1.165) is 0 Å². The van der Waals surface area contributed by atoms with E-state index in [-0.39, 0.29) is 33.1 Å². The summed E-state index contributed by atoms with van der Waals surface area (Å²) in [6.45, 7) is 3.64. The van der Waals surface area contributed by atoms with Crippen LogP contribution in [0.5, 0.6) is 0 Å². The molecule has 0 aromatic heterocycles. The van der Waals surface area contributed by atoms with Crippen LogP contribution in [-0.4, -0.2) is 20.4 Å². The van der Waals surface area contributed by atoms with Gasteiger partial charge in [-0.3, -0.25) is 9.52 Å². The van der Waals surface area contributed by atoms with Crippen LogP contribution in [0.4, 0.5) is 5.69 Å². The molecule has 8 heteroatoms. The molecule has 2 aromatic rings. The van der Waals surface area contributed by atoms with Crippen molar-refractivity contribution in [3.8, 4) is 0 Å². The molecule has 24 heavy (non-hydrogen) atoms. The van der Waals surface area contributed by atoms with Gasteiger partial charge in [0.15, 0.2) is 0 Å². The Morgan fingerprint density at radius 3 is 2.46 bits per heavy atom. The third-order valence-electron chi connectivity index (χ3n) is 3.00. The molecule has 0 unspecified atom stereocenters. The molecule has 1 amide bonds. The van der Waals surface area contributed by atoms with Gasteiger partial charge in [-0.25, -0.2) is 8.42 Å². The minimum absolute atomic E-state index is 0.0463. The second kappa shape index (κ2) is 7.42. The lowest BCUT2D eigenvalue weighted by Gasteiger charge is -2.12. The SMILES string of the molecule is CC(C)NC(=O)c1cccc(S(=O)(=O)Nc2cc(Cl)ccc2Cl)c1. The first-order chi connectivity index (χ1) is 11.2.